The molecule has 5 nitrogen and oxygen atoms in total. The highest BCUT2D eigenvalue weighted by atomic mass is 32.2. The number of rotatable bonds is 2. The maximum atomic E-state index is 12.0. The Morgan fingerprint density at radius 3 is 2.94 bits per heavy atom. The number of hydrogen-bond donors (Lipinski definition) is 1. The quantitative estimate of drug-likeness (QED) is 0.758. The molecule has 0 aromatic rings. The molecule has 0 bridgehead atoms. The minimum atomic E-state index is -0.417. The summed E-state index contributed by atoms with van der Waals surface area (Å²) in [7, 11) is 1.66. The molecular weight excluding hydrogens is 238 g/mol. The lowest BCUT2D eigenvalue weighted by atomic mass is 9.93. The number of thioether (sulfide) groups is 1. The summed E-state index contributed by atoms with van der Waals surface area (Å²) in [6, 6.07) is -0.154. The summed E-state index contributed by atoms with van der Waals surface area (Å²) in [6.07, 6.45) is 7.46. The lowest BCUT2D eigenvalue weighted by Gasteiger charge is -2.32. The Morgan fingerprint density at radius 1 is 1.53 bits per heavy atom. The van der Waals surface area contributed by atoms with E-state index in [1.54, 1.807) is 7.05 Å². The van der Waals surface area contributed by atoms with E-state index in [4.69, 9.17) is 5.73 Å². The van der Waals surface area contributed by atoms with Crippen molar-refractivity contribution in [3.05, 3.63) is 24.3 Å². The van der Waals surface area contributed by atoms with Crippen molar-refractivity contribution in [2.45, 2.75) is 6.04 Å². The summed E-state index contributed by atoms with van der Waals surface area (Å²) in [6.45, 7) is 0. The molecule has 0 spiro atoms. The molecule has 90 valence electrons. The van der Waals surface area contributed by atoms with Gasteiger partial charge in [-0.25, -0.2) is 0 Å². The maximum absolute atomic E-state index is 12.0. The van der Waals surface area contributed by atoms with Crippen LogP contribution in [0.5, 0.6) is 0 Å². The third-order valence-corrected chi connectivity index (χ3v) is 3.68. The van der Waals surface area contributed by atoms with Crippen LogP contribution in [0.1, 0.15) is 0 Å². The molecule has 0 radical (unpaired) electrons. The number of allylic oxidation sites excluding steroid dienone is 2. The minimum absolute atomic E-state index is 0.00225. The van der Waals surface area contributed by atoms with Crippen LogP contribution < -0.4 is 5.73 Å². The van der Waals surface area contributed by atoms with E-state index in [1.807, 2.05) is 24.3 Å². The zero-order chi connectivity index (χ0) is 12.4. The average Bonchev–Trinajstić information content (AvgIpc) is 2.32. The molecule has 0 saturated heterocycles. The van der Waals surface area contributed by atoms with E-state index in [1.165, 1.54) is 16.7 Å². The number of hydrogen-bond acceptors (Lipinski definition) is 4. The normalized spacial score (nSPS) is 26.8. The molecule has 0 aromatic heterocycles. The van der Waals surface area contributed by atoms with Crippen molar-refractivity contribution in [2.75, 3.05) is 12.8 Å². The predicted octanol–water partition coefficient (Wildman–Crippen LogP) is 0.144. The number of nitrogens with zero attached hydrogens (tertiary/aromatic N) is 2. The fourth-order valence-corrected chi connectivity index (χ4v) is 2.50. The number of carbonyl (C=O) groups excluding carboxylic acids is 2. The van der Waals surface area contributed by atoms with Gasteiger partial charge in [0, 0.05) is 7.05 Å². The van der Waals surface area contributed by atoms with Crippen LogP contribution in [0.3, 0.4) is 0 Å². The number of nitrogens with two attached hydrogens (primary N) is 1. The number of amidine groups is 1. The highest BCUT2D eigenvalue weighted by Gasteiger charge is 2.34. The standard InChI is InChI=1S/C11H13N3O2S/c1-14-10(16)7-4-2-3-5-8(7)13-11(14)17-6-9(12)15/h2-5,7-8H,6H2,1H3,(H2,12,15)/t7-,8+/m0/s1. The lowest BCUT2D eigenvalue weighted by molar-refractivity contribution is -0.129. The van der Waals surface area contributed by atoms with Gasteiger partial charge in [0.2, 0.25) is 11.8 Å². The first-order chi connectivity index (χ1) is 8.09. The van der Waals surface area contributed by atoms with Crippen LogP contribution in [-0.4, -0.2) is 40.7 Å². The van der Waals surface area contributed by atoms with E-state index in [2.05, 4.69) is 4.99 Å². The molecule has 0 fully saturated rings. The Hall–Kier alpha value is -1.56. The molecule has 2 rings (SSSR count). The van der Waals surface area contributed by atoms with Gasteiger partial charge in [-0.1, -0.05) is 36.1 Å². The van der Waals surface area contributed by atoms with Gasteiger partial charge in [-0.2, -0.15) is 0 Å². The maximum Gasteiger partial charge on any atom is 0.237 e. The van der Waals surface area contributed by atoms with Crippen molar-refractivity contribution >= 4 is 28.7 Å². The van der Waals surface area contributed by atoms with Crippen molar-refractivity contribution < 1.29 is 9.59 Å². The Morgan fingerprint density at radius 2 is 2.24 bits per heavy atom. The molecule has 0 unspecified atom stereocenters. The van der Waals surface area contributed by atoms with Crippen LogP contribution in [0, 0.1) is 5.92 Å². The lowest BCUT2D eigenvalue weighted by Crippen LogP contribution is -2.45. The van der Waals surface area contributed by atoms with Crippen LogP contribution in [0.2, 0.25) is 0 Å². The van der Waals surface area contributed by atoms with Gasteiger partial charge in [0.05, 0.1) is 17.7 Å². The van der Waals surface area contributed by atoms with E-state index in [0.717, 1.165) is 0 Å². The minimum Gasteiger partial charge on any atom is -0.369 e. The van der Waals surface area contributed by atoms with Crippen molar-refractivity contribution in [2.24, 2.45) is 16.6 Å². The summed E-state index contributed by atoms with van der Waals surface area (Å²) in [4.78, 5) is 28.7. The summed E-state index contributed by atoms with van der Waals surface area (Å²) in [5.74, 6) is -0.506. The summed E-state index contributed by atoms with van der Waals surface area (Å²) < 4.78 is 0. The molecule has 6 heteroatoms. The van der Waals surface area contributed by atoms with Crippen molar-refractivity contribution in [1.29, 1.82) is 0 Å². The highest BCUT2D eigenvalue weighted by Crippen LogP contribution is 2.26. The van der Waals surface area contributed by atoms with Crippen molar-refractivity contribution in [1.82, 2.24) is 4.90 Å². The summed E-state index contributed by atoms with van der Waals surface area (Å²) in [5.41, 5.74) is 5.08. The molecule has 1 aliphatic heterocycles. The van der Waals surface area contributed by atoms with E-state index in [0.29, 0.717) is 5.17 Å². The topological polar surface area (TPSA) is 75.8 Å². The Labute approximate surface area is 103 Å². The molecule has 2 aliphatic rings. The number of fused-ring (bicyclic) bond motifs is 1. The first-order valence-electron chi connectivity index (χ1n) is 5.21. The second kappa shape index (κ2) is 4.75. The van der Waals surface area contributed by atoms with E-state index in [-0.39, 0.29) is 23.6 Å². The monoisotopic (exact) mass is 251 g/mol. The highest BCUT2D eigenvalue weighted by molar-refractivity contribution is 8.14. The van der Waals surface area contributed by atoms with Crippen molar-refractivity contribution in [3.8, 4) is 0 Å². The molecular formula is C11H13N3O2S. The second-order valence-electron chi connectivity index (χ2n) is 3.85. The third-order valence-electron chi connectivity index (χ3n) is 2.61. The first-order valence-corrected chi connectivity index (χ1v) is 6.19. The van der Waals surface area contributed by atoms with Crippen LogP contribution in [0.25, 0.3) is 0 Å². The summed E-state index contributed by atoms with van der Waals surface area (Å²) in [5, 5.41) is 0.551. The Balaban J connectivity index is 2.19. The average molecular weight is 251 g/mol. The summed E-state index contributed by atoms with van der Waals surface area (Å²) >= 11 is 1.20. The van der Waals surface area contributed by atoms with Crippen LogP contribution >= 0.6 is 11.8 Å². The largest absolute Gasteiger partial charge is 0.369 e. The molecule has 2 N–H and O–H groups in total. The van der Waals surface area contributed by atoms with Crippen LogP contribution in [0.15, 0.2) is 29.3 Å². The number of aliphatic imine (C=N–C) groups is 1. The smallest absolute Gasteiger partial charge is 0.237 e. The van der Waals surface area contributed by atoms with Gasteiger partial charge in [0.1, 0.15) is 0 Å². The van der Waals surface area contributed by atoms with Gasteiger partial charge < -0.3 is 5.73 Å². The SMILES string of the molecule is CN1C(=O)[C@H]2C=CC=C[C@H]2N=C1SCC(N)=O. The number of primary amides is 1. The molecule has 1 aliphatic carbocycles. The van der Waals surface area contributed by atoms with E-state index in [9.17, 15) is 9.59 Å². The number of carbonyl (C=O) groups is 2. The van der Waals surface area contributed by atoms with Gasteiger partial charge in [-0.05, 0) is 0 Å². The fraction of sp³-hybridized carbons (Fsp3) is 0.364. The molecule has 2 amide bonds. The molecule has 1 heterocycles. The predicted molar refractivity (Wildman–Crippen MR) is 67.4 cm³/mol. The molecule has 17 heavy (non-hydrogen) atoms. The van der Waals surface area contributed by atoms with Gasteiger partial charge >= 0.3 is 0 Å². The molecule has 2 atom stereocenters. The van der Waals surface area contributed by atoms with E-state index >= 15 is 0 Å². The molecule has 0 aromatic carbocycles. The zero-order valence-electron chi connectivity index (χ0n) is 9.37. The molecule has 0 saturated carbocycles. The van der Waals surface area contributed by atoms with Gasteiger partial charge in [-0.3, -0.25) is 19.5 Å². The van der Waals surface area contributed by atoms with E-state index < -0.39 is 5.91 Å². The fourth-order valence-electron chi connectivity index (χ4n) is 1.75. The second-order valence-corrected chi connectivity index (χ2v) is 4.79. The first kappa shape index (κ1) is 11.9. The Kier molecular flexibility index (Phi) is 3.33. The zero-order valence-corrected chi connectivity index (χ0v) is 10.2. The van der Waals surface area contributed by atoms with Gasteiger partial charge in [0.25, 0.3) is 0 Å². The van der Waals surface area contributed by atoms with Gasteiger partial charge in [-0.15, -0.1) is 0 Å². The third kappa shape index (κ3) is 2.41. The van der Waals surface area contributed by atoms with Crippen LogP contribution in [-0.2, 0) is 9.59 Å². The van der Waals surface area contributed by atoms with Crippen molar-refractivity contribution in [3.63, 3.8) is 0 Å². The number of amides is 2. The van der Waals surface area contributed by atoms with Crippen LogP contribution in [0.4, 0.5) is 0 Å². The Bertz CT molecular complexity index is 442. The van der Waals surface area contributed by atoms with Gasteiger partial charge in [0.15, 0.2) is 5.17 Å².